The van der Waals surface area contributed by atoms with Crippen molar-refractivity contribution in [1.29, 1.82) is 0 Å². The summed E-state index contributed by atoms with van der Waals surface area (Å²) in [7, 11) is 4.12. The number of hydrogen-bond acceptors (Lipinski definition) is 3. The maximum Gasteiger partial charge on any atom is 0.252 e. The van der Waals surface area contributed by atoms with Crippen LogP contribution in [-0.4, -0.2) is 26.9 Å². The topological polar surface area (TPSA) is 61.1 Å². The third-order valence-corrected chi connectivity index (χ3v) is 7.66. The van der Waals surface area contributed by atoms with Gasteiger partial charge in [0.05, 0.1) is 22.9 Å². The molecular weight excluding hydrogens is 400 g/mol. The van der Waals surface area contributed by atoms with E-state index in [4.69, 9.17) is 4.74 Å². The van der Waals surface area contributed by atoms with E-state index in [1.165, 1.54) is 39.4 Å². The van der Waals surface area contributed by atoms with E-state index in [0.29, 0.717) is 6.54 Å². The van der Waals surface area contributed by atoms with Gasteiger partial charge in [0.15, 0.2) is 0 Å². The van der Waals surface area contributed by atoms with Crippen LogP contribution in [0.1, 0.15) is 58.1 Å². The van der Waals surface area contributed by atoms with Crippen molar-refractivity contribution in [3.05, 3.63) is 52.3 Å². The van der Waals surface area contributed by atoms with Crippen LogP contribution in [-0.2, 0) is 38.2 Å². The first kappa shape index (κ1) is 18.5. The molecule has 2 aromatic heterocycles. The van der Waals surface area contributed by atoms with Gasteiger partial charge in [-0.05, 0) is 60.9 Å². The van der Waals surface area contributed by atoms with Crippen LogP contribution in [0.2, 0.25) is 0 Å². The SMILES string of the molecule is Cn1cc2c(n1)CCc1c-2c2c(c3c4cc(C5CCCCO5)ccc4n(C)c13)CNC2=O. The number of aryl methyl sites for hydroxylation is 4. The Morgan fingerprint density at radius 2 is 2.03 bits per heavy atom. The molecule has 1 unspecified atom stereocenters. The standard InChI is InChI=1S/C26H26N4O2/c1-29-13-18-19(28-29)8-7-15-22(18)24-17(12-27-26(24)31)23-16-11-14(21-5-3-4-10-32-21)6-9-20(16)30(2)25(15)23/h6,9,11,13,21H,3-5,7-8,10,12H2,1-2H3,(H,27,31). The number of aromatic nitrogens is 3. The summed E-state index contributed by atoms with van der Waals surface area (Å²) in [5, 5.41) is 10.3. The van der Waals surface area contributed by atoms with Crippen molar-refractivity contribution in [2.75, 3.05) is 6.61 Å². The Morgan fingerprint density at radius 1 is 1.12 bits per heavy atom. The van der Waals surface area contributed by atoms with Gasteiger partial charge in [0, 0.05) is 60.9 Å². The van der Waals surface area contributed by atoms with Crippen molar-refractivity contribution in [2.24, 2.45) is 14.1 Å². The lowest BCUT2D eigenvalue weighted by molar-refractivity contribution is 0.0150. The molecule has 162 valence electrons. The number of ether oxygens (including phenoxy) is 1. The van der Waals surface area contributed by atoms with E-state index in [0.717, 1.165) is 60.2 Å². The zero-order chi connectivity index (χ0) is 21.6. The second-order valence-electron chi connectivity index (χ2n) is 9.47. The molecule has 1 N–H and O–H groups in total. The van der Waals surface area contributed by atoms with Crippen molar-refractivity contribution in [2.45, 2.75) is 44.8 Å². The molecule has 1 fully saturated rings. The summed E-state index contributed by atoms with van der Waals surface area (Å²) < 4.78 is 10.3. The summed E-state index contributed by atoms with van der Waals surface area (Å²) in [4.78, 5) is 13.1. The van der Waals surface area contributed by atoms with Crippen LogP contribution in [0, 0.1) is 0 Å². The Balaban J connectivity index is 1.58. The van der Waals surface area contributed by atoms with E-state index in [2.05, 4.69) is 46.4 Å². The number of carbonyl (C=O) groups is 1. The molecule has 1 aliphatic carbocycles. The highest BCUT2D eigenvalue weighted by molar-refractivity contribution is 6.19. The summed E-state index contributed by atoms with van der Waals surface area (Å²) in [6, 6.07) is 6.79. The number of benzene rings is 2. The highest BCUT2D eigenvalue weighted by Crippen LogP contribution is 2.46. The minimum atomic E-state index is 0.0404. The Kier molecular flexibility index (Phi) is 3.72. The Labute approximate surface area is 186 Å². The van der Waals surface area contributed by atoms with Crippen LogP contribution in [0.5, 0.6) is 0 Å². The first-order valence-corrected chi connectivity index (χ1v) is 11.6. The molecule has 0 saturated carbocycles. The van der Waals surface area contributed by atoms with Gasteiger partial charge in [0.2, 0.25) is 0 Å². The van der Waals surface area contributed by atoms with Crippen LogP contribution >= 0.6 is 0 Å². The fourth-order valence-electron chi connectivity index (χ4n) is 6.27. The van der Waals surface area contributed by atoms with Crippen molar-refractivity contribution in [1.82, 2.24) is 19.7 Å². The van der Waals surface area contributed by atoms with Crippen molar-refractivity contribution >= 4 is 27.7 Å². The highest BCUT2D eigenvalue weighted by Gasteiger charge is 2.35. The predicted octanol–water partition coefficient (Wildman–Crippen LogP) is 4.32. The monoisotopic (exact) mass is 426 g/mol. The molecule has 4 heterocycles. The van der Waals surface area contributed by atoms with Crippen LogP contribution < -0.4 is 5.32 Å². The number of carbonyl (C=O) groups excluding carboxylic acids is 1. The number of hydrogen-bond donors (Lipinski definition) is 1. The molecule has 4 aromatic rings. The average Bonchev–Trinajstić information content (AvgIpc) is 3.47. The normalized spacial score (nSPS) is 19.8. The van der Waals surface area contributed by atoms with Gasteiger partial charge in [0.25, 0.3) is 5.91 Å². The van der Waals surface area contributed by atoms with Gasteiger partial charge in [-0.1, -0.05) is 6.07 Å². The molecule has 6 heteroatoms. The maximum absolute atomic E-state index is 13.1. The third-order valence-electron chi connectivity index (χ3n) is 7.66. The molecule has 0 radical (unpaired) electrons. The van der Waals surface area contributed by atoms with Gasteiger partial charge in [-0.15, -0.1) is 0 Å². The molecule has 2 aromatic carbocycles. The van der Waals surface area contributed by atoms with E-state index in [1.807, 2.05) is 11.7 Å². The van der Waals surface area contributed by atoms with Gasteiger partial charge in [0.1, 0.15) is 0 Å². The van der Waals surface area contributed by atoms with Crippen molar-refractivity contribution in [3.8, 4) is 11.1 Å². The first-order valence-electron chi connectivity index (χ1n) is 11.6. The number of amides is 1. The number of fused-ring (bicyclic) bond motifs is 10. The zero-order valence-corrected chi connectivity index (χ0v) is 18.5. The van der Waals surface area contributed by atoms with E-state index in [1.54, 1.807) is 0 Å². The van der Waals surface area contributed by atoms with Crippen LogP contribution in [0.25, 0.3) is 32.9 Å². The van der Waals surface area contributed by atoms with Gasteiger partial charge >= 0.3 is 0 Å². The molecule has 6 nitrogen and oxygen atoms in total. The highest BCUT2D eigenvalue weighted by atomic mass is 16.5. The van der Waals surface area contributed by atoms with Gasteiger partial charge < -0.3 is 14.6 Å². The molecule has 32 heavy (non-hydrogen) atoms. The first-order chi connectivity index (χ1) is 15.6. The molecule has 1 saturated heterocycles. The maximum atomic E-state index is 13.1. The minimum Gasteiger partial charge on any atom is -0.374 e. The van der Waals surface area contributed by atoms with E-state index in [9.17, 15) is 4.79 Å². The fourth-order valence-corrected chi connectivity index (χ4v) is 6.27. The number of nitrogens with zero attached hydrogens (tertiary/aromatic N) is 3. The Hall–Kier alpha value is -3.12. The number of nitrogens with one attached hydrogen (secondary N) is 1. The van der Waals surface area contributed by atoms with Gasteiger partial charge in [-0.25, -0.2) is 0 Å². The molecule has 1 atom stereocenters. The van der Waals surface area contributed by atoms with E-state index < -0.39 is 0 Å². The van der Waals surface area contributed by atoms with Crippen molar-refractivity contribution in [3.63, 3.8) is 0 Å². The zero-order valence-electron chi connectivity index (χ0n) is 18.5. The summed E-state index contributed by atoms with van der Waals surface area (Å²) in [5.41, 5.74) is 10.3. The number of rotatable bonds is 1. The molecule has 7 rings (SSSR count). The fraction of sp³-hybridized carbons (Fsp3) is 0.385. The predicted molar refractivity (Wildman–Crippen MR) is 124 cm³/mol. The second kappa shape index (κ2) is 6.45. The average molecular weight is 427 g/mol. The molecule has 2 aliphatic heterocycles. The largest absolute Gasteiger partial charge is 0.374 e. The summed E-state index contributed by atoms with van der Waals surface area (Å²) in [6.45, 7) is 1.42. The van der Waals surface area contributed by atoms with Crippen LogP contribution in [0.15, 0.2) is 24.4 Å². The lowest BCUT2D eigenvalue weighted by Gasteiger charge is -2.23. The Morgan fingerprint density at radius 3 is 2.88 bits per heavy atom. The quantitative estimate of drug-likeness (QED) is 0.493. The molecule has 0 bridgehead atoms. The van der Waals surface area contributed by atoms with Crippen LogP contribution in [0.4, 0.5) is 0 Å². The van der Waals surface area contributed by atoms with Crippen LogP contribution in [0.3, 0.4) is 0 Å². The molecule has 1 amide bonds. The lowest BCUT2D eigenvalue weighted by atomic mass is 9.82. The molecule has 0 spiro atoms. The Bertz CT molecular complexity index is 1450. The second-order valence-corrected chi connectivity index (χ2v) is 9.47. The lowest BCUT2D eigenvalue weighted by Crippen LogP contribution is -2.15. The van der Waals surface area contributed by atoms with Gasteiger partial charge in [-0.3, -0.25) is 9.48 Å². The molecular formula is C26H26N4O2. The van der Waals surface area contributed by atoms with E-state index in [-0.39, 0.29) is 12.0 Å². The van der Waals surface area contributed by atoms with Gasteiger partial charge in [-0.2, -0.15) is 5.10 Å². The summed E-state index contributed by atoms with van der Waals surface area (Å²) >= 11 is 0. The van der Waals surface area contributed by atoms with E-state index >= 15 is 0 Å². The third kappa shape index (κ3) is 2.33. The summed E-state index contributed by atoms with van der Waals surface area (Å²) in [5.74, 6) is 0.0404. The smallest absolute Gasteiger partial charge is 0.252 e. The summed E-state index contributed by atoms with van der Waals surface area (Å²) in [6.07, 6.45) is 7.50. The minimum absolute atomic E-state index is 0.0404. The van der Waals surface area contributed by atoms with Crippen molar-refractivity contribution < 1.29 is 9.53 Å². The molecule has 3 aliphatic rings.